The van der Waals surface area contributed by atoms with Gasteiger partial charge in [0.05, 0.1) is 12.2 Å². The van der Waals surface area contributed by atoms with E-state index >= 15 is 0 Å². The van der Waals surface area contributed by atoms with E-state index in [1.54, 1.807) is 19.1 Å². The van der Waals surface area contributed by atoms with Gasteiger partial charge in [-0.05, 0) is 36.8 Å². The number of hydrogen-bond acceptors (Lipinski definition) is 5. The molecule has 0 aliphatic carbocycles. The number of nitrogens with two attached hydrogens (primary N) is 1. The zero-order chi connectivity index (χ0) is 14.8. The third kappa shape index (κ3) is 3.09. The van der Waals surface area contributed by atoms with Gasteiger partial charge in [-0.2, -0.15) is 10.2 Å². The van der Waals surface area contributed by atoms with Gasteiger partial charge in [0.25, 0.3) is 0 Å². The molecule has 8 heteroatoms. The zero-order valence-corrected chi connectivity index (χ0v) is 11.5. The molecule has 20 heavy (non-hydrogen) atoms. The second kappa shape index (κ2) is 5.51. The summed E-state index contributed by atoms with van der Waals surface area (Å²) in [6.07, 6.45) is 1.47. The van der Waals surface area contributed by atoms with Crippen molar-refractivity contribution in [1.82, 2.24) is 14.9 Å². The number of halogens is 1. The minimum Gasteiger partial charge on any atom is -0.398 e. The predicted molar refractivity (Wildman–Crippen MR) is 71.6 cm³/mol. The van der Waals surface area contributed by atoms with Crippen molar-refractivity contribution in [3.8, 4) is 0 Å². The minimum atomic E-state index is -4.00. The Bertz CT molecular complexity index is 720. The van der Waals surface area contributed by atoms with E-state index in [2.05, 4.69) is 14.9 Å². The topological polar surface area (TPSA) is 98.0 Å². The second-order valence-electron chi connectivity index (χ2n) is 4.18. The van der Waals surface area contributed by atoms with Gasteiger partial charge < -0.3 is 5.73 Å². The van der Waals surface area contributed by atoms with Crippen LogP contribution in [0.1, 0.15) is 11.3 Å². The summed E-state index contributed by atoms with van der Waals surface area (Å²) in [7, 11) is -4.00. The van der Waals surface area contributed by atoms with Crippen molar-refractivity contribution in [1.29, 1.82) is 0 Å². The first-order chi connectivity index (χ1) is 9.40. The van der Waals surface area contributed by atoms with Crippen LogP contribution in [0.4, 0.5) is 10.1 Å². The van der Waals surface area contributed by atoms with Gasteiger partial charge in [0.1, 0.15) is 10.7 Å². The Morgan fingerprint density at radius 3 is 2.80 bits per heavy atom. The van der Waals surface area contributed by atoms with E-state index in [0.29, 0.717) is 11.3 Å². The Labute approximate surface area is 115 Å². The number of rotatable bonds is 4. The molecule has 106 valence electrons. The first-order valence-corrected chi connectivity index (χ1v) is 7.20. The number of hydrogen-bond donors (Lipinski definition) is 2. The van der Waals surface area contributed by atoms with Crippen molar-refractivity contribution in [2.24, 2.45) is 0 Å². The summed E-state index contributed by atoms with van der Waals surface area (Å²) in [6, 6.07) is 5.42. The normalized spacial score (nSPS) is 11.5. The highest BCUT2D eigenvalue weighted by Crippen LogP contribution is 2.21. The van der Waals surface area contributed by atoms with Gasteiger partial charge in [-0.25, -0.2) is 17.5 Å². The molecular formula is C12H13FN4O2S. The first kappa shape index (κ1) is 14.4. The zero-order valence-electron chi connectivity index (χ0n) is 10.7. The molecule has 6 nitrogen and oxygen atoms in total. The van der Waals surface area contributed by atoms with Crippen LogP contribution in [0, 0.1) is 12.7 Å². The molecular weight excluding hydrogens is 283 g/mol. The first-order valence-electron chi connectivity index (χ1n) is 5.72. The van der Waals surface area contributed by atoms with E-state index < -0.39 is 20.7 Å². The molecule has 1 heterocycles. The molecule has 1 aromatic heterocycles. The number of aryl methyl sites for hydroxylation is 1. The van der Waals surface area contributed by atoms with Crippen molar-refractivity contribution in [3.63, 3.8) is 0 Å². The standard InChI is InChI=1S/C12H13FN4O2S/c1-8-5-10(13)12(6-11(8)14)20(18,19)16-7-9-3-2-4-15-17-9/h2-6,16H,7,14H2,1H3. The smallest absolute Gasteiger partial charge is 0.243 e. The molecule has 3 N–H and O–H groups in total. The predicted octanol–water partition coefficient (Wildman–Crippen LogP) is 0.985. The Balaban J connectivity index is 2.25. The van der Waals surface area contributed by atoms with E-state index in [-0.39, 0.29) is 12.2 Å². The van der Waals surface area contributed by atoms with Gasteiger partial charge in [-0.1, -0.05) is 0 Å². The maximum atomic E-state index is 13.7. The lowest BCUT2D eigenvalue weighted by Crippen LogP contribution is -2.25. The molecule has 0 unspecified atom stereocenters. The van der Waals surface area contributed by atoms with Crippen LogP contribution in [-0.2, 0) is 16.6 Å². The van der Waals surface area contributed by atoms with E-state index in [9.17, 15) is 12.8 Å². The molecule has 0 saturated heterocycles. The molecule has 1 aromatic carbocycles. The van der Waals surface area contributed by atoms with Crippen LogP contribution in [0.3, 0.4) is 0 Å². The van der Waals surface area contributed by atoms with Gasteiger partial charge in [-0.3, -0.25) is 0 Å². The summed E-state index contributed by atoms with van der Waals surface area (Å²) >= 11 is 0. The highest BCUT2D eigenvalue weighted by atomic mass is 32.2. The second-order valence-corrected chi connectivity index (χ2v) is 5.91. The third-order valence-corrected chi connectivity index (χ3v) is 4.10. The Kier molecular flexibility index (Phi) is 3.96. The summed E-state index contributed by atoms with van der Waals surface area (Å²) in [4.78, 5) is -0.482. The van der Waals surface area contributed by atoms with Crippen LogP contribution in [-0.4, -0.2) is 18.6 Å². The average molecular weight is 296 g/mol. The van der Waals surface area contributed by atoms with Crippen LogP contribution in [0.5, 0.6) is 0 Å². The summed E-state index contributed by atoms with van der Waals surface area (Å²) in [5, 5.41) is 7.36. The number of anilines is 1. The number of aromatic nitrogens is 2. The van der Waals surface area contributed by atoms with E-state index in [0.717, 1.165) is 12.1 Å². The lowest BCUT2D eigenvalue weighted by atomic mass is 10.2. The molecule has 0 amide bonds. The van der Waals surface area contributed by atoms with Crippen LogP contribution >= 0.6 is 0 Å². The number of nitrogens with zero attached hydrogens (tertiary/aromatic N) is 2. The quantitative estimate of drug-likeness (QED) is 0.820. The van der Waals surface area contributed by atoms with Crippen molar-refractivity contribution in [3.05, 3.63) is 47.5 Å². The third-order valence-electron chi connectivity index (χ3n) is 2.68. The molecule has 0 radical (unpaired) electrons. The molecule has 0 aliphatic heterocycles. The summed E-state index contributed by atoms with van der Waals surface area (Å²) < 4.78 is 40.1. The van der Waals surface area contributed by atoms with Gasteiger partial charge in [0.15, 0.2) is 0 Å². The van der Waals surface area contributed by atoms with Gasteiger partial charge in [0, 0.05) is 11.9 Å². The SMILES string of the molecule is Cc1cc(F)c(S(=O)(=O)NCc2cccnn2)cc1N. The lowest BCUT2D eigenvalue weighted by Gasteiger charge is -2.09. The summed E-state index contributed by atoms with van der Waals surface area (Å²) in [5.74, 6) is -0.844. The fraction of sp³-hybridized carbons (Fsp3) is 0.167. The van der Waals surface area contributed by atoms with E-state index in [1.165, 1.54) is 6.20 Å². The van der Waals surface area contributed by atoms with Crippen molar-refractivity contribution >= 4 is 15.7 Å². The minimum absolute atomic E-state index is 0.0800. The van der Waals surface area contributed by atoms with Gasteiger partial charge in [0.2, 0.25) is 10.0 Å². The van der Waals surface area contributed by atoms with Crippen LogP contribution in [0.25, 0.3) is 0 Å². The number of benzene rings is 1. The van der Waals surface area contributed by atoms with Crippen molar-refractivity contribution in [2.75, 3.05) is 5.73 Å². The fourth-order valence-electron chi connectivity index (χ4n) is 1.55. The largest absolute Gasteiger partial charge is 0.398 e. The molecule has 0 saturated carbocycles. The molecule has 0 bridgehead atoms. The molecule has 0 fully saturated rings. The molecule has 0 spiro atoms. The van der Waals surface area contributed by atoms with Crippen molar-refractivity contribution < 1.29 is 12.8 Å². The number of nitrogens with one attached hydrogen (secondary N) is 1. The number of nitrogen functional groups attached to an aromatic ring is 1. The highest BCUT2D eigenvalue weighted by Gasteiger charge is 2.20. The highest BCUT2D eigenvalue weighted by molar-refractivity contribution is 7.89. The van der Waals surface area contributed by atoms with Crippen molar-refractivity contribution in [2.45, 2.75) is 18.4 Å². The Morgan fingerprint density at radius 1 is 1.40 bits per heavy atom. The summed E-state index contributed by atoms with van der Waals surface area (Å²) in [6.45, 7) is 1.52. The Hall–Kier alpha value is -2.06. The van der Waals surface area contributed by atoms with Gasteiger partial charge >= 0.3 is 0 Å². The summed E-state index contributed by atoms with van der Waals surface area (Å²) in [5.41, 5.74) is 6.74. The Morgan fingerprint density at radius 2 is 2.15 bits per heavy atom. The lowest BCUT2D eigenvalue weighted by molar-refractivity contribution is 0.555. The maximum Gasteiger partial charge on any atom is 0.243 e. The molecule has 0 atom stereocenters. The molecule has 2 rings (SSSR count). The average Bonchev–Trinajstić information content (AvgIpc) is 2.42. The van der Waals surface area contributed by atoms with Crippen LogP contribution in [0.15, 0.2) is 35.4 Å². The van der Waals surface area contributed by atoms with Crippen LogP contribution < -0.4 is 10.5 Å². The number of sulfonamides is 1. The molecule has 2 aromatic rings. The van der Waals surface area contributed by atoms with E-state index in [1.807, 2.05) is 0 Å². The fourth-order valence-corrected chi connectivity index (χ4v) is 2.64. The van der Waals surface area contributed by atoms with Crippen LogP contribution in [0.2, 0.25) is 0 Å². The maximum absolute atomic E-state index is 13.7. The van der Waals surface area contributed by atoms with E-state index in [4.69, 9.17) is 5.73 Å². The van der Waals surface area contributed by atoms with Gasteiger partial charge in [-0.15, -0.1) is 0 Å². The molecule has 0 aliphatic rings. The monoisotopic (exact) mass is 296 g/mol.